The molecule has 0 rings (SSSR count). The summed E-state index contributed by atoms with van der Waals surface area (Å²) in [7, 11) is 0. The summed E-state index contributed by atoms with van der Waals surface area (Å²) < 4.78 is 9.51. The number of esters is 2. The lowest BCUT2D eigenvalue weighted by Gasteiger charge is -2.04. The quantitative estimate of drug-likeness (QED) is 0.360. The van der Waals surface area contributed by atoms with Crippen LogP contribution < -0.4 is 0 Å². The molecule has 0 radical (unpaired) electrons. The van der Waals surface area contributed by atoms with Crippen molar-refractivity contribution in [2.45, 2.75) is 13.3 Å². The number of carbonyl (C=O) groups excluding carboxylic acids is 2. The van der Waals surface area contributed by atoms with E-state index in [2.05, 4.69) is 11.3 Å². The standard InChI is InChI=1S/C10H16O4S/c1-3-9(11)13-6-5-10(12)14-7-8-15-4-2/h3H,1,4-8H2,2H3. The normalized spacial score (nSPS) is 9.40. The second kappa shape index (κ2) is 9.58. The summed E-state index contributed by atoms with van der Waals surface area (Å²) >= 11 is 1.71. The van der Waals surface area contributed by atoms with Crippen LogP contribution in [-0.2, 0) is 19.1 Å². The molecule has 0 aromatic heterocycles. The van der Waals surface area contributed by atoms with Crippen LogP contribution in [0.15, 0.2) is 12.7 Å². The van der Waals surface area contributed by atoms with Gasteiger partial charge >= 0.3 is 11.9 Å². The Morgan fingerprint density at radius 1 is 1.33 bits per heavy atom. The van der Waals surface area contributed by atoms with Gasteiger partial charge in [-0.1, -0.05) is 13.5 Å². The molecule has 0 unspecified atom stereocenters. The fraction of sp³-hybridized carbons (Fsp3) is 0.600. The molecule has 4 nitrogen and oxygen atoms in total. The third-order valence-corrected chi connectivity index (χ3v) is 2.28. The van der Waals surface area contributed by atoms with E-state index in [1.165, 1.54) is 0 Å². The minimum absolute atomic E-state index is 0.0462. The largest absolute Gasteiger partial charge is 0.465 e. The van der Waals surface area contributed by atoms with Crippen LogP contribution in [0, 0.1) is 0 Å². The highest BCUT2D eigenvalue weighted by molar-refractivity contribution is 7.99. The van der Waals surface area contributed by atoms with E-state index in [9.17, 15) is 9.59 Å². The first-order chi connectivity index (χ1) is 7.20. The van der Waals surface area contributed by atoms with Crippen LogP contribution >= 0.6 is 11.8 Å². The van der Waals surface area contributed by atoms with Crippen molar-refractivity contribution >= 4 is 23.7 Å². The van der Waals surface area contributed by atoms with Crippen molar-refractivity contribution in [3.63, 3.8) is 0 Å². The topological polar surface area (TPSA) is 52.6 Å². The molecule has 0 spiro atoms. The van der Waals surface area contributed by atoms with Gasteiger partial charge in [0.2, 0.25) is 0 Å². The van der Waals surface area contributed by atoms with Crippen LogP contribution in [-0.4, -0.2) is 36.7 Å². The lowest BCUT2D eigenvalue weighted by molar-refractivity contribution is -0.146. The molecule has 0 fully saturated rings. The van der Waals surface area contributed by atoms with E-state index < -0.39 is 5.97 Å². The average Bonchev–Trinajstić information content (AvgIpc) is 2.24. The van der Waals surface area contributed by atoms with Crippen molar-refractivity contribution < 1.29 is 19.1 Å². The summed E-state index contributed by atoms with van der Waals surface area (Å²) in [5.41, 5.74) is 0. The Kier molecular flexibility index (Phi) is 8.96. The average molecular weight is 232 g/mol. The lowest BCUT2D eigenvalue weighted by Crippen LogP contribution is -2.12. The number of carbonyl (C=O) groups is 2. The summed E-state index contributed by atoms with van der Waals surface area (Å²) in [6.45, 7) is 5.73. The van der Waals surface area contributed by atoms with Crippen molar-refractivity contribution in [3.8, 4) is 0 Å². The molecule has 0 aromatic rings. The number of hydrogen-bond acceptors (Lipinski definition) is 5. The molecule has 0 bridgehead atoms. The second-order valence-corrected chi connectivity index (χ2v) is 3.93. The van der Waals surface area contributed by atoms with Crippen molar-refractivity contribution in [1.82, 2.24) is 0 Å². The molecule has 0 aliphatic carbocycles. The predicted octanol–water partition coefficient (Wildman–Crippen LogP) is 1.40. The van der Waals surface area contributed by atoms with Gasteiger partial charge in [0.15, 0.2) is 0 Å². The van der Waals surface area contributed by atoms with E-state index in [1.54, 1.807) is 11.8 Å². The van der Waals surface area contributed by atoms with E-state index in [-0.39, 0.29) is 19.0 Å². The van der Waals surface area contributed by atoms with Gasteiger partial charge in [0.05, 0.1) is 6.42 Å². The third-order valence-electron chi connectivity index (χ3n) is 1.41. The minimum Gasteiger partial charge on any atom is -0.465 e. The van der Waals surface area contributed by atoms with E-state index >= 15 is 0 Å². The minimum atomic E-state index is -0.524. The third kappa shape index (κ3) is 9.34. The van der Waals surface area contributed by atoms with E-state index in [0.29, 0.717) is 6.61 Å². The first-order valence-corrected chi connectivity index (χ1v) is 5.88. The molecule has 0 N–H and O–H groups in total. The van der Waals surface area contributed by atoms with E-state index in [4.69, 9.17) is 4.74 Å². The van der Waals surface area contributed by atoms with Crippen LogP contribution in [0.25, 0.3) is 0 Å². The monoisotopic (exact) mass is 232 g/mol. The molecular weight excluding hydrogens is 216 g/mol. The molecule has 86 valence electrons. The van der Waals surface area contributed by atoms with Gasteiger partial charge in [-0.3, -0.25) is 4.79 Å². The Balaban J connectivity index is 3.33. The zero-order valence-corrected chi connectivity index (χ0v) is 9.68. The van der Waals surface area contributed by atoms with Gasteiger partial charge in [-0.05, 0) is 5.75 Å². The smallest absolute Gasteiger partial charge is 0.330 e. The van der Waals surface area contributed by atoms with Crippen LogP contribution in [0.5, 0.6) is 0 Å². The van der Waals surface area contributed by atoms with Gasteiger partial charge in [0.25, 0.3) is 0 Å². The molecule has 0 heterocycles. The maximum absolute atomic E-state index is 11.0. The number of rotatable bonds is 8. The van der Waals surface area contributed by atoms with Crippen molar-refractivity contribution in [1.29, 1.82) is 0 Å². The summed E-state index contributed by atoms with van der Waals surface area (Å²) in [6.07, 6.45) is 1.15. The fourth-order valence-electron chi connectivity index (χ4n) is 0.725. The lowest BCUT2D eigenvalue weighted by atomic mass is 10.4. The van der Waals surface area contributed by atoms with Crippen molar-refractivity contribution in [2.75, 3.05) is 24.7 Å². The molecule has 0 amide bonds. The van der Waals surface area contributed by atoms with Gasteiger partial charge in [0, 0.05) is 11.8 Å². The van der Waals surface area contributed by atoms with Crippen molar-refractivity contribution in [3.05, 3.63) is 12.7 Å². The predicted molar refractivity (Wildman–Crippen MR) is 59.7 cm³/mol. The van der Waals surface area contributed by atoms with E-state index in [0.717, 1.165) is 17.6 Å². The van der Waals surface area contributed by atoms with Crippen molar-refractivity contribution in [2.24, 2.45) is 0 Å². The number of hydrogen-bond donors (Lipinski definition) is 0. The molecule has 0 aromatic carbocycles. The summed E-state index contributed by atoms with van der Waals surface area (Å²) in [4.78, 5) is 21.6. The zero-order valence-electron chi connectivity index (χ0n) is 8.86. The Morgan fingerprint density at radius 2 is 2.07 bits per heavy atom. The zero-order chi connectivity index (χ0) is 11.5. The van der Waals surface area contributed by atoms with E-state index in [1.807, 2.05) is 6.92 Å². The molecule has 0 aliphatic rings. The van der Waals surface area contributed by atoms with Crippen LogP contribution in [0.4, 0.5) is 0 Å². The maximum Gasteiger partial charge on any atom is 0.330 e. The Labute approximate surface area is 94.0 Å². The maximum atomic E-state index is 11.0. The molecule has 0 atom stereocenters. The number of ether oxygens (including phenoxy) is 2. The van der Waals surface area contributed by atoms with Crippen LogP contribution in [0.1, 0.15) is 13.3 Å². The summed E-state index contributed by atoms with van der Waals surface area (Å²) in [6, 6.07) is 0. The molecule has 0 aliphatic heterocycles. The van der Waals surface area contributed by atoms with Gasteiger partial charge in [0.1, 0.15) is 13.2 Å². The summed E-state index contributed by atoms with van der Waals surface area (Å²) in [5.74, 6) is 0.941. The van der Waals surface area contributed by atoms with Gasteiger partial charge < -0.3 is 9.47 Å². The Hall–Kier alpha value is -0.970. The van der Waals surface area contributed by atoms with Gasteiger partial charge in [-0.15, -0.1) is 0 Å². The molecule has 0 saturated heterocycles. The highest BCUT2D eigenvalue weighted by Gasteiger charge is 2.04. The molecular formula is C10H16O4S. The summed E-state index contributed by atoms with van der Waals surface area (Å²) in [5, 5.41) is 0. The molecule has 5 heteroatoms. The van der Waals surface area contributed by atoms with Crippen LogP contribution in [0.3, 0.4) is 0 Å². The second-order valence-electron chi connectivity index (χ2n) is 2.54. The fourth-order valence-corrected chi connectivity index (χ4v) is 1.21. The van der Waals surface area contributed by atoms with Gasteiger partial charge in [-0.2, -0.15) is 11.8 Å². The highest BCUT2D eigenvalue weighted by Crippen LogP contribution is 1.98. The van der Waals surface area contributed by atoms with Gasteiger partial charge in [-0.25, -0.2) is 4.79 Å². The first kappa shape index (κ1) is 14.0. The number of thioether (sulfide) groups is 1. The highest BCUT2D eigenvalue weighted by atomic mass is 32.2. The molecule has 0 saturated carbocycles. The van der Waals surface area contributed by atoms with Crippen LogP contribution in [0.2, 0.25) is 0 Å². The first-order valence-electron chi connectivity index (χ1n) is 4.73. The Morgan fingerprint density at radius 3 is 2.67 bits per heavy atom. The SMILES string of the molecule is C=CC(=O)OCCC(=O)OCCSCC. The molecule has 15 heavy (non-hydrogen) atoms. The Bertz CT molecular complexity index is 215.